The van der Waals surface area contributed by atoms with Crippen LogP contribution in [0.1, 0.15) is 37.7 Å². The maximum absolute atomic E-state index is 9.26. The first-order valence-electron chi connectivity index (χ1n) is 6.63. The molecule has 1 N–H and O–H groups in total. The van der Waals surface area contributed by atoms with E-state index in [1.807, 2.05) is 0 Å². The van der Waals surface area contributed by atoms with Crippen molar-refractivity contribution in [1.82, 2.24) is 0 Å². The van der Waals surface area contributed by atoms with Crippen molar-refractivity contribution in [2.75, 3.05) is 5.32 Å². The summed E-state index contributed by atoms with van der Waals surface area (Å²) in [4.78, 5) is 0. The average Bonchev–Trinajstić information content (AvgIpc) is 2.59. The van der Waals surface area contributed by atoms with E-state index in [4.69, 9.17) is 0 Å². The third kappa shape index (κ3) is 3.26. The topological polar surface area (TPSA) is 35.8 Å². The molecular formula is C15H19BrN2. The van der Waals surface area contributed by atoms with Crippen molar-refractivity contribution in [2.45, 2.75) is 45.1 Å². The van der Waals surface area contributed by atoms with E-state index in [2.05, 4.69) is 52.4 Å². The summed E-state index contributed by atoms with van der Waals surface area (Å²) in [7, 11) is 0. The Morgan fingerprint density at radius 3 is 2.78 bits per heavy atom. The molecule has 0 amide bonds. The van der Waals surface area contributed by atoms with Gasteiger partial charge in [-0.3, -0.25) is 0 Å². The number of nitrogens with one attached hydrogen (secondary N) is 1. The molecule has 18 heavy (non-hydrogen) atoms. The number of hydrogen-bond donors (Lipinski definition) is 1. The number of aryl methyl sites for hydroxylation is 1. The quantitative estimate of drug-likeness (QED) is 0.808. The maximum Gasteiger partial charge on any atom is 0.0677 e. The second-order valence-corrected chi connectivity index (χ2v) is 5.94. The molecule has 1 aliphatic carbocycles. The highest BCUT2D eigenvalue weighted by Gasteiger charge is 2.23. The second-order valence-electron chi connectivity index (χ2n) is 5.09. The number of rotatable bonds is 2. The van der Waals surface area contributed by atoms with Gasteiger partial charge in [-0.15, -0.1) is 0 Å². The van der Waals surface area contributed by atoms with Crippen molar-refractivity contribution in [3.63, 3.8) is 0 Å². The molecule has 2 unspecified atom stereocenters. The van der Waals surface area contributed by atoms with Crippen LogP contribution in [0.3, 0.4) is 0 Å². The molecule has 0 bridgehead atoms. The highest BCUT2D eigenvalue weighted by atomic mass is 79.9. The van der Waals surface area contributed by atoms with Crippen LogP contribution in [-0.2, 0) is 0 Å². The SMILES string of the molecule is Cc1ccc(NC2CCCCCC2C#N)cc1Br. The summed E-state index contributed by atoms with van der Waals surface area (Å²) < 4.78 is 1.12. The van der Waals surface area contributed by atoms with Crippen LogP contribution >= 0.6 is 15.9 Å². The number of anilines is 1. The summed E-state index contributed by atoms with van der Waals surface area (Å²) in [5.41, 5.74) is 2.35. The highest BCUT2D eigenvalue weighted by Crippen LogP contribution is 2.27. The summed E-state index contributed by atoms with van der Waals surface area (Å²) in [5.74, 6) is 0.146. The van der Waals surface area contributed by atoms with E-state index in [1.54, 1.807) is 0 Å². The Morgan fingerprint density at radius 1 is 1.28 bits per heavy atom. The molecule has 1 aromatic carbocycles. The minimum atomic E-state index is 0.146. The number of benzene rings is 1. The molecule has 2 atom stereocenters. The van der Waals surface area contributed by atoms with Gasteiger partial charge in [0.05, 0.1) is 12.0 Å². The van der Waals surface area contributed by atoms with Crippen LogP contribution in [0.2, 0.25) is 0 Å². The Hall–Kier alpha value is -1.01. The van der Waals surface area contributed by atoms with Crippen molar-refractivity contribution in [1.29, 1.82) is 5.26 Å². The monoisotopic (exact) mass is 306 g/mol. The number of nitrogens with zero attached hydrogens (tertiary/aromatic N) is 1. The van der Waals surface area contributed by atoms with Crippen molar-refractivity contribution < 1.29 is 0 Å². The van der Waals surface area contributed by atoms with Gasteiger partial charge in [-0.25, -0.2) is 0 Å². The lowest BCUT2D eigenvalue weighted by atomic mass is 9.96. The van der Waals surface area contributed by atoms with Gasteiger partial charge in [-0.2, -0.15) is 5.26 Å². The summed E-state index contributed by atoms with van der Waals surface area (Å²) in [6.45, 7) is 2.08. The van der Waals surface area contributed by atoms with E-state index in [0.717, 1.165) is 23.0 Å². The fourth-order valence-corrected chi connectivity index (χ4v) is 2.91. The molecule has 0 heterocycles. The van der Waals surface area contributed by atoms with Crippen LogP contribution < -0.4 is 5.32 Å². The van der Waals surface area contributed by atoms with Gasteiger partial charge in [-0.05, 0) is 37.5 Å². The molecule has 0 aromatic heterocycles. The zero-order valence-electron chi connectivity index (χ0n) is 10.7. The Kier molecular flexibility index (Phi) is 4.66. The molecule has 1 saturated carbocycles. The van der Waals surface area contributed by atoms with Crippen molar-refractivity contribution in [2.24, 2.45) is 5.92 Å². The Balaban J connectivity index is 2.10. The second kappa shape index (κ2) is 6.24. The van der Waals surface area contributed by atoms with Gasteiger partial charge in [0.2, 0.25) is 0 Å². The minimum absolute atomic E-state index is 0.146. The van der Waals surface area contributed by atoms with Gasteiger partial charge in [0.1, 0.15) is 0 Å². The lowest BCUT2D eigenvalue weighted by molar-refractivity contribution is 0.514. The molecule has 0 aliphatic heterocycles. The van der Waals surface area contributed by atoms with Gasteiger partial charge >= 0.3 is 0 Å². The normalized spacial score (nSPS) is 24.1. The Bertz CT molecular complexity index is 450. The smallest absolute Gasteiger partial charge is 0.0677 e. The Morgan fingerprint density at radius 2 is 2.06 bits per heavy atom. The van der Waals surface area contributed by atoms with Crippen molar-refractivity contribution in [3.05, 3.63) is 28.2 Å². The maximum atomic E-state index is 9.26. The van der Waals surface area contributed by atoms with E-state index in [-0.39, 0.29) is 5.92 Å². The standard InChI is InChI=1S/C15H19BrN2/c1-11-7-8-13(9-14(11)16)18-15-6-4-2-3-5-12(15)10-17/h7-9,12,15,18H,2-6H2,1H3. The zero-order chi connectivity index (χ0) is 13.0. The van der Waals surface area contributed by atoms with Crippen LogP contribution in [-0.4, -0.2) is 6.04 Å². The first-order valence-corrected chi connectivity index (χ1v) is 7.42. The Labute approximate surface area is 118 Å². The van der Waals surface area contributed by atoms with Gasteiger partial charge in [0.25, 0.3) is 0 Å². The molecule has 0 spiro atoms. The minimum Gasteiger partial charge on any atom is -0.381 e. The van der Waals surface area contributed by atoms with Crippen LogP contribution in [0.15, 0.2) is 22.7 Å². The van der Waals surface area contributed by atoms with E-state index in [0.29, 0.717) is 6.04 Å². The molecule has 0 saturated heterocycles. The fourth-order valence-electron chi connectivity index (χ4n) is 2.53. The first-order chi connectivity index (χ1) is 8.70. The third-order valence-corrected chi connectivity index (χ3v) is 4.56. The predicted octanol–water partition coefficient (Wildman–Crippen LogP) is 4.64. The number of hydrogen-bond acceptors (Lipinski definition) is 2. The molecule has 0 radical (unpaired) electrons. The van der Waals surface area contributed by atoms with E-state index in [9.17, 15) is 5.26 Å². The molecule has 96 valence electrons. The molecule has 2 rings (SSSR count). The lowest BCUT2D eigenvalue weighted by Gasteiger charge is -2.22. The molecule has 2 nitrogen and oxygen atoms in total. The molecular weight excluding hydrogens is 288 g/mol. The van der Waals surface area contributed by atoms with E-state index < -0.39 is 0 Å². The largest absolute Gasteiger partial charge is 0.381 e. The van der Waals surface area contributed by atoms with Gasteiger partial charge < -0.3 is 5.32 Å². The van der Waals surface area contributed by atoms with Crippen LogP contribution in [0.25, 0.3) is 0 Å². The molecule has 1 aromatic rings. The van der Waals surface area contributed by atoms with Gasteiger partial charge in [-0.1, -0.05) is 41.3 Å². The van der Waals surface area contributed by atoms with E-state index in [1.165, 1.54) is 24.8 Å². The van der Waals surface area contributed by atoms with Gasteiger partial charge in [0.15, 0.2) is 0 Å². The van der Waals surface area contributed by atoms with Crippen LogP contribution in [0.4, 0.5) is 5.69 Å². The average molecular weight is 307 g/mol. The lowest BCUT2D eigenvalue weighted by Crippen LogP contribution is -2.27. The van der Waals surface area contributed by atoms with E-state index >= 15 is 0 Å². The summed E-state index contributed by atoms with van der Waals surface area (Å²) in [6.07, 6.45) is 5.80. The van der Waals surface area contributed by atoms with Gasteiger partial charge in [0, 0.05) is 16.2 Å². The summed E-state index contributed by atoms with van der Waals surface area (Å²) in [6, 6.07) is 9.07. The van der Waals surface area contributed by atoms with Crippen molar-refractivity contribution >= 4 is 21.6 Å². The molecule has 1 fully saturated rings. The predicted molar refractivity (Wildman–Crippen MR) is 78.5 cm³/mol. The number of nitriles is 1. The first kappa shape index (κ1) is 13.4. The molecule has 1 aliphatic rings. The summed E-state index contributed by atoms with van der Waals surface area (Å²) >= 11 is 3.55. The van der Waals surface area contributed by atoms with Crippen LogP contribution in [0.5, 0.6) is 0 Å². The fraction of sp³-hybridized carbons (Fsp3) is 0.533. The molecule has 3 heteroatoms. The highest BCUT2D eigenvalue weighted by molar-refractivity contribution is 9.10. The van der Waals surface area contributed by atoms with Crippen molar-refractivity contribution in [3.8, 4) is 6.07 Å². The summed E-state index contributed by atoms with van der Waals surface area (Å²) in [5, 5.41) is 12.8. The van der Waals surface area contributed by atoms with Crippen LogP contribution in [0, 0.1) is 24.2 Å². The zero-order valence-corrected chi connectivity index (χ0v) is 12.3. The third-order valence-electron chi connectivity index (χ3n) is 3.71. The number of halogens is 1.